The van der Waals surface area contributed by atoms with Crippen LogP contribution in [0.3, 0.4) is 0 Å². The van der Waals surface area contributed by atoms with Crippen molar-refractivity contribution in [2.45, 2.75) is 37.9 Å². The molecule has 4 rings (SSSR count). The van der Waals surface area contributed by atoms with Crippen LogP contribution in [0.25, 0.3) is 22.0 Å². The minimum absolute atomic E-state index is 0.139. The Kier molecular flexibility index (Phi) is 5.38. The van der Waals surface area contributed by atoms with Gasteiger partial charge in [0.25, 0.3) is 5.91 Å². The first-order chi connectivity index (χ1) is 14.3. The van der Waals surface area contributed by atoms with Crippen LogP contribution < -0.4 is 5.73 Å². The van der Waals surface area contributed by atoms with E-state index in [2.05, 4.69) is 10.2 Å². The summed E-state index contributed by atoms with van der Waals surface area (Å²) < 4.78 is 26.5. The van der Waals surface area contributed by atoms with Crippen LogP contribution in [0.2, 0.25) is 0 Å². The molecule has 2 heterocycles. The van der Waals surface area contributed by atoms with Crippen LogP contribution in [0.1, 0.15) is 48.7 Å². The zero-order chi connectivity index (χ0) is 21.5. The van der Waals surface area contributed by atoms with Crippen molar-refractivity contribution in [3.63, 3.8) is 0 Å². The van der Waals surface area contributed by atoms with Gasteiger partial charge in [0.2, 0.25) is 10.0 Å². The fraction of sp³-hybridized carbons (Fsp3) is 0.364. The third-order valence-electron chi connectivity index (χ3n) is 5.88. The summed E-state index contributed by atoms with van der Waals surface area (Å²) in [6.07, 6.45) is 1.40. The highest BCUT2D eigenvalue weighted by Crippen LogP contribution is 2.36. The first kappa shape index (κ1) is 20.6. The molecule has 30 heavy (non-hydrogen) atoms. The van der Waals surface area contributed by atoms with Gasteiger partial charge in [-0.2, -0.15) is 5.10 Å². The molecule has 3 N–H and O–H groups in total. The highest BCUT2D eigenvalue weighted by Gasteiger charge is 2.32. The lowest BCUT2D eigenvalue weighted by Crippen LogP contribution is -2.41. The van der Waals surface area contributed by atoms with Gasteiger partial charge in [-0.15, -0.1) is 0 Å². The summed E-state index contributed by atoms with van der Waals surface area (Å²) in [7, 11) is -3.25. The SMILES string of the molecule is CC(C)S(=O)(=O)N1CCC(c2[nH]nc3c(C(N)=O)cc(-c4ccccc4)cc23)CC1. The minimum Gasteiger partial charge on any atom is -0.366 e. The van der Waals surface area contributed by atoms with Crippen LogP contribution in [0.5, 0.6) is 0 Å². The number of benzene rings is 2. The van der Waals surface area contributed by atoms with Gasteiger partial charge >= 0.3 is 0 Å². The van der Waals surface area contributed by atoms with Crippen LogP contribution in [0.4, 0.5) is 0 Å². The molecule has 158 valence electrons. The first-order valence-corrected chi connectivity index (χ1v) is 11.7. The van der Waals surface area contributed by atoms with Gasteiger partial charge in [0.05, 0.1) is 10.8 Å². The van der Waals surface area contributed by atoms with E-state index in [1.165, 1.54) is 0 Å². The molecule has 0 atom stereocenters. The molecule has 0 saturated carbocycles. The number of hydrogen-bond acceptors (Lipinski definition) is 4. The number of sulfonamides is 1. The van der Waals surface area contributed by atoms with E-state index in [1.807, 2.05) is 36.4 Å². The summed E-state index contributed by atoms with van der Waals surface area (Å²) in [5.74, 6) is -0.381. The summed E-state index contributed by atoms with van der Waals surface area (Å²) in [5.41, 5.74) is 9.42. The second-order valence-electron chi connectivity index (χ2n) is 8.05. The average molecular weight is 427 g/mol. The fourth-order valence-electron chi connectivity index (χ4n) is 4.13. The van der Waals surface area contributed by atoms with Crippen molar-refractivity contribution < 1.29 is 13.2 Å². The molecule has 0 aliphatic carbocycles. The van der Waals surface area contributed by atoms with Crippen LogP contribution in [0, 0.1) is 0 Å². The lowest BCUT2D eigenvalue weighted by Gasteiger charge is -2.32. The Bertz CT molecular complexity index is 1180. The van der Waals surface area contributed by atoms with E-state index in [0.717, 1.165) is 22.2 Å². The zero-order valence-electron chi connectivity index (χ0n) is 17.1. The van der Waals surface area contributed by atoms with E-state index in [4.69, 9.17) is 5.73 Å². The quantitative estimate of drug-likeness (QED) is 0.653. The summed E-state index contributed by atoms with van der Waals surface area (Å²) in [6, 6.07) is 13.6. The highest BCUT2D eigenvalue weighted by atomic mass is 32.2. The number of carbonyl (C=O) groups is 1. The molecule has 8 heteroatoms. The molecule has 1 aromatic heterocycles. The number of nitrogens with zero attached hydrogens (tertiary/aromatic N) is 2. The maximum atomic E-state index is 12.5. The van der Waals surface area contributed by atoms with Crippen molar-refractivity contribution in [2.24, 2.45) is 5.73 Å². The van der Waals surface area contributed by atoms with Gasteiger partial charge in [-0.1, -0.05) is 30.3 Å². The van der Waals surface area contributed by atoms with Crippen LogP contribution in [0.15, 0.2) is 42.5 Å². The van der Waals surface area contributed by atoms with Crippen LogP contribution in [-0.4, -0.2) is 47.2 Å². The Morgan fingerprint density at radius 1 is 1.13 bits per heavy atom. The highest BCUT2D eigenvalue weighted by molar-refractivity contribution is 7.89. The fourth-order valence-corrected chi connectivity index (χ4v) is 5.45. The van der Waals surface area contributed by atoms with Gasteiger partial charge in [-0.3, -0.25) is 9.89 Å². The number of nitrogens with one attached hydrogen (secondary N) is 1. The summed E-state index contributed by atoms with van der Waals surface area (Å²) in [4.78, 5) is 12.1. The number of amides is 1. The molecule has 1 aliphatic heterocycles. The summed E-state index contributed by atoms with van der Waals surface area (Å²) in [5, 5.41) is 7.94. The second-order valence-corrected chi connectivity index (χ2v) is 10.5. The number of hydrogen-bond donors (Lipinski definition) is 2. The van der Waals surface area contributed by atoms with E-state index in [0.29, 0.717) is 37.0 Å². The second kappa shape index (κ2) is 7.85. The predicted molar refractivity (Wildman–Crippen MR) is 118 cm³/mol. The Labute approximate surface area is 176 Å². The third-order valence-corrected chi connectivity index (χ3v) is 8.15. The largest absolute Gasteiger partial charge is 0.366 e. The van der Waals surface area contributed by atoms with Crippen molar-refractivity contribution >= 4 is 26.8 Å². The normalized spacial score (nSPS) is 16.4. The molecule has 2 aromatic carbocycles. The number of H-pyrrole nitrogens is 1. The number of aromatic amines is 1. The number of nitrogens with two attached hydrogens (primary N) is 1. The van der Waals surface area contributed by atoms with Crippen LogP contribution in [-0.2, 0) is 10.0 Å². The number of aromatic nitrogens is 2. The van der Waals surface area contributed by atoms with Gasteiger partial charge < -0.3 is 5.73 Å². The number of primary amides is 1. The lowest BCUT2D eigenvalue weighted by molar-refractivity contribution is 0.100. The molecule has 1 aliphatic rings. The minimum atomic E-state index is -3.25. The molecule has 7 nitrogen and oxygen atoms in total. The lowest BCUT2D eigenvalue weighted by atomic mass is 9.90. The maximum absolute atomic E-state index is 12.5. The molecule has 0 radical (unpaired) electrons. The van der Waals surface area contributed by atoms with E-state index < -0.39 is 21.2 Å². The Morgan fingerprint density at radius 2 is 1.80 bits per heavy atom. The third kappa shape index (κ3) is 3.61. The van der Waals surface area contributed by atoms with Gasteiger partial charge in [-0.05, 0) is 49.9 Å². The zero-order valence-corrected chi connectivity index (χ0v) is 17.9. The smallest absolute Gasteiger partial charge is 0.251 e. The number of piperidine rings is 1. The molecule has 0 unspecified atom stereocenters. The molecule has 0 spiro atoms. The molecular weight excluding hydrogens is 400 g/mol. The monoisotopic (exact) mass is 426 g/mol. The van der Waals surface area contributed by atoms with Crippen molar-refractivity contribution in [3.05, 3.63) is 53.7 Å². The van der Waals surface area contributed by atoms with Crippen molar-refractivity contribution in [1.29, 1.82) is 0 Å². The Hall–Kier alpha value is -2.71. The van der Waals surface area contributed by atoms with Crippen LogP contribution >= 0.6 is 0 Å². The average Bonchev–Trinajstić information content (AvgIpc) is 3.17. The Morgan fingerprint density at radius 3 is 2.40 bits per heavy atom. The Balaban J connectivity index is 1.71. The summed E-state index contributed by atoms with van der Waals surface area (Å²) >= 11 is 0. The van der Waals surface area contributed by atoms with Gasteiger partial charge in [0.1, 0.15) is 5.52 Å². The summed E-state index contributed by atoms with van der Waals surface area (Å²) in [6.45, 7) is 4.38. The van der Waals surface area contributed by atoms with Crippen molar-refractivity contribution in [2.75, 3.05) is 13.1 Å². The van der Waals surface area contributed by atoms with E-state index in [-0.39, 0.29) is 5.92 Å². The molecule has 1 fully saturated rings. The number of rotatable bonds is 5. The predicted octanol–water partition coefficient (Wildman–Crippen LogP) is 3.25. The molecule has 0 bridgehead atoms. The standard InChI is InChI=1S/C22H26N4O3S/c1-14(2)30(28,29)26-10-8-16(9-11-26)20-18-12-17(15-6-4-3-5-7-15)13-19(22(23)27)21(18)25-24-20/h3-7,12-14,16H,8-11H2,1-2H3,(H2,23,27)(H,24,25). The van der Waals surface area contributed by atoms with E-state index in [9.17, 15) is 13.2 Å². The van der Waals surface area contributed by atoms with Crippen molar-refractivity contribution in [3.8, 4) is 11.1 Å². The molecule has 1 saturated heterocycles. The molecular formula is C22H26N4O3S. The van der Waals surface area contributed by atoms with E-state index in [1.54, 1.807) is 24.2 Å². The van der Waals surface area contributed by atoms with Gasteiger partial charge in [-0.25, -0.2) is 12.7 Å². The van der Waals surface area contributed by atoms with Gasteiger partial charge in [0, 0.05) is 30.1 Å². The number of carbonyl (C=O) groups excluding carboxylic acids is 1. The maximum Gasteiger partial charge on any atom is 0.251 e. The van der Waals surface area contributed by atoms with Gasteiger partial charge in [0.15, 0.2) is 0 Å². The topological polar surface area (TPSA) is 109 Å². The van der Waals surface area contributed by atoms with E-state index >= 15 is 0 Å². The molecule has 1 amide bonds. The van der Waals surface area contributed by atoms with Crippen molar-refractivity contribution in [1.82, 2.24) is 14.5 Å². The number of fused-ring (bicyclic) bond motifs is 1. The first-order valence-electron chi connectivity index (χ1n) is 10.1. The molecule has 3 aromatic rings.